The van der Waals surface area contributed by atoms with Gasteiger partial charge in [-0.15, -0.1) is 24.0 Å². The van der Waals surface area contributed by atoms with Crippen molar-refractivity contribution in [2.75, 3.05) is 45.3 Å². The van der Waals surface area contributed by atoms with Crippen molar-refractivity contribution < 1.29 is 9.47 Å². The molecule has 0 atom stereocenters. The van der Waals surface area contributed by atoms with E-state index in [4.69, 9.17) is 9.47 Å². The molecule has 172 valence electrons. The summed E-state index contributed by atoms with van der Waals surface area (Å²) in [6.45, 7) is 8.29. The number of hydrogen-bond donors (Lipinski definition) is 3. The van der Waals surface area contributed by atoms with Crippen molar-refractivity contribution in [2.45, 2.75) is 33.2 Å². The minimum atomic E-state index is 0. The normalized spacial score (nSPS) is 10.9. The first-order valence-corrected chi connectivity index (χ1v) is 10.6. The molecule has 31 heavy (non-hydrogen) atoms. The molecule has 0 aliphatic carbocycles. The Balaban J connectivity index is 0.00000480. The van der Waals surface area contributed by atoms with Crippen molar-refractivity contribution >= 4 is 35.8 Å². The maximum atomic E-state index is 5.91. The van der Waals surface area contributed by atoms with Gasteiger partial charge in [-0.3, -0.25) is 4.99 Å². The van der Waals surface area contributed by atoms with E-state index in [9.17, 15) is 0 Å². The van der Waals surface area contributed by atoms with Crippen molar-refractivity contribution in [3.05, 3.63) is 53.7 Å². The molecule has 0 amide bonds. The third-order valence-corrected chi connectivity index (χ3v) is 4.45. The molecule has 8 heteroatoms. The van der Waals surface area contributed by atoms with Gasteiger partial charge < -0.3 is 25.4 Å². The molecule has 0 saturated carbocycles. The van der Waals surface area contributed by atoms with Crippen LogP contribution in [0.5, 0.6) is 5.75 Å². The zero-order valence-corrected chi connectivity index (χ0v) is 21.1. The molecule has 0 unspecified atom stereocenters. The molecule has 1 aromatic heterocycles. The lowest BCUT2D eigenvalue weighted by molar-refractivity contribution is 0.110. The number of nitrogens with one attached hydrogen (secondary N) is 3. The number of hydrogen-bond acceptors (Lipinski definition) is 5. The first-order valence-electron chi connectivity index (χ1n) is 10.6. The number of rotatable bonds is 13. The van der Waals surface area contributed by atoms with Gasteiger partial charge in [0.15, 0.2) is 5.96 Å². The Bertz CT molecular complexity index is 759. The van der Waals surface area contributed by atoms with Gasteiger partial charge in [0, 0.05) is 45.0 Å². The zero-order valence-electron chi connectivity index (χ0n) is 18.8. The molecule has 2 aromatic rings. The van der Waals surface area contributed by atoms with E-state index in [2.05, 4.69) is 51.0 Å². The van der Waals surface area contributed by atoms with Gasteiger partial charge in [-0.2, -0.15) is 0 Å². The number of nitrogens with zero attached hydrogens (tertiary/aromatic N) is 2. The highest BCUT2D eigenvalue weighted by Gasteiger charge is 2.06. The Morgan fingerprint density at radius 1 is 1.06 bits per heavy atom. The number of aromatic nitrogens is 1. The monoisotopic (exact) mass is 541 g/mol. The molecule has 0 bridgehead atoms. The van der Waals surface area contributed by atoms with Crippen LogP contribution in [0.25, 0.3) is 0 Å². The van der Waals surface area contributed by atoms with Crippen molar-refractivity contribution in [3.8, 4) is 5.75 Å². The number of aliphatic imine (C=N–C) groups is 1. The topological polar surface area (TPSA) is 79.8 Å². The maximum Gasteiger partial charge on any atom is 0.191 e. The van der Waals surface area contributed by atoms with Crippen LogP contribution in [0.2, 0.25) is 0 Å². The molecule has 1 aromatic carbocycles. The fourth-order valence-corrected chi connectivity index (χ4v) is 2.84. The molecule has 1 heterocycles. The fourth-order valence-electron chi connectivity index (χ4n) is 2.84. The lowest BCUT2D eigenvalue weighted by Crippen LogP contribution is -2.37. The third kappa shape index (κ3) is 11.2. The van der Waals surface area contributed by atoms with E-state index in [-0.39, 0.29) is 24.0 Å². The predicted octanol–water partition coefficient (Wildman–Crippen LogP) is 3.98. The van der Waals surface area contributed by atoms with E-state index in [0.717, 1.165) is 49.0 Å². The summed E-state index contributed by atoms with van der Waals surface area (Å²) in [6, 6.07) is 12.1. The quantitative estimate of drug-likeness (QED) is 0.154. The van der Waals surface area contributed by atoms with Crippen molar-refractivity contribution in [1.82, 2.24) is 15.6 Å². The van der Waals surface area contributed by atoms with Crippen LogP contribution in [-0.4, -0.2) is 50.9 Å². The van der Waals surface area contributed by atoms with Gasteiger partial charge in [-0.25, -0.2) is 4.98 Å². The molecule has 0 saturated heterocycles. The Labute approximate surface area is 203 Å². The average molecular weight is 541 g/mol. The number of unbranched alkanes of at least 4 members (excludes halogenated alkanes) is 1. The minimum absolute atomic E-state index is 0. The minimum Gasteiger partial charge on any atom is -0.491 e. The van der Waals surface area contributed by atoms with Crippen LogP contribution in [0.1, 0.15) is 30.9 Å². The Kier molecular flexibility index (Phi) is 14.4. The van der Waals surface area contributed by atoms with Gasteiger partial charge in [0.05, 0.1) is 6.61 Å². The summed E-state index contributed by atoms with van der Waals surface area (Å²) in [7, 11) is 1.78. The second-order valence-corrected chi connectivity index (χ2v) is 6.86. The summed E-state index contributed by atoms with van der Waals surface area (Å²) in [5.41, 5.74) is 2.27. The van der Waals surface area contributed by atoms with Crippen molar-refractivity contribution in [2.24, 2.45) is 4.99 Å². The van der Waals surface area contributed by atoms with Crippen LogP contribution < -0.4 is 20.7 Å². The third-order valence-electron chi connectivity index (χ3n) is 4.45. The largest absolute Gasteiger partial charge is 0.491 e. The second kappa shape index (κ2) is 16.6. The summed E-state index contributed by atoms with van der Waals surface area (Å²) >= 11 is 0. The number of ether oxygens (including phenoxy) is 2. The standard InChI is InChI=1S/C23H35N5O2.HI/c1-4-29-15-16-30-21-17-19(2)10-11-20(21)18-28-23(24-3)27-14-8-7-13-26-22-9-5-6-12-25-22;/h5-6,9-12,17H,4,7-8,13-16,18H2,1-3H3,(H,25,26)(H2,24,27,28);1H. The van der Waals surface area contributed by atoms with Crippen LogP contribution in [0.4, 0.5) is 5.82 Å². The van der Waals surface area contributed by atoms with Gasteiger partial charge in [0.2, 0.25) is 0 Å². The Hall–Kier alpha value is -2.07. The maximum absolute atomic E-state index is 5.91. The van der Waals surface area contributed by atoms with Crippen molar-refractivity contribution in [1.29, 1.82) is 0 Å². The van der Waals surface area contributed by atoms with E-state index in [1.165, 1.54) is 5.56 Å². The lowest BCUT2D eigenvalue weighted by atomic mass is 10.1. The molecule has 2 rings (SSSR count). The lowest BCUT2D eigenvalue weighted by Gasteiger charge is -2.15. The van der Waals surface area contributed by atoms with Gasteiger partial charge in [-0.05, 0) is 50.5 Å². The van der Waals surface area contributed by atoms with Gasteiger partial charge in [-0.1, -0.05) is 18.2 Å². The van der Waals surface area contributed by atoms with Gasteiger partial charge in [0.25, 0.3) is 0 Å². The summed E-state index contributed by atoms with van der Waals surface area (Å²) in [6.07, 6.45) is 3.89. The first kappa shape index (κ1) is 27.0. The molecule has 7 nitrogen and oxygen atoms in total. The molecule has 0 aliphatic heterocycles. The number of pyridine rings is 1. The average Bonchev–Trinajstić information content (AvgIpc) is 2.77. The van der Waals surface area contributed by atoms with Crippen LogP contribution in [0.15, 0.2) is 47.6 Å². The summed E-state index contributed by atoms with van der Waals surface area (Å²) in [5, 5.41) is 10.1. The SMILES string of the molecule is CCOCCOc1cc(C)ccc1CNC(=NC)NCCCCNc1ccccn1.I. The van der Waals surface area contributed by atoms with E-state index in [1.54, 1.807) is 13.2 Å². The molecule has 3 N–H and O–H groups in total. The second-order valence-electron chi connectivity index (χ2n) is 6.86. The van der Waals surface area contributed by atoms with E-state index < -0.39 is 0 Å². The number of benzene rings is 1. The Morgan fingerprint density at radius 2 is 1.90 bits per heavy atom. The Morgan fingerprint density at radius 3 is 2.65 bits per heavy atom. The number of anilines is 1. The summed E-state index contributed by atoms with van der Waals surface area (Å²) in [5.74, 6) is 2.59. The smallest absolute Gasteiger partial charge is 0.191 e. The fraction of sp³-hybridized carbons (Fsp3) is 0.478. The summed E-state index contributed by atoms with van der Waals surface area (Å²) in [4.78, 5) is 8.57. The van der Waals surface area contributed by atoms with Crippen LogP contribution in [0.3, 0.4) is 0 Å². The highest BCUT2D eigenvalue weighted by Crippen LogP contribution is 2.20. The molecule has 0 radical (unpaired) electrons. The van der Waals surface area contributed by atoms with Crippen LogP contribution in [-0.2, 0) is 11.3 Å². The molecular formula is C23H36IN5O2. The molecule has 0 aliphatic rings. The number of halogens is 1. The molecule has 0 spiro atoms. The van der Waals surface area contributed by atoms with Crippen LogP contribution in [0, 0.1) is 6.92 Å². The first-order chi connectivity index (χ1) is 14.7. The van der Waals surface area contributed by atoms with Gasteiger partial charge in [0.1, 0.15) is 18.2 Å². The molecule has 0 fully saturated rings. The summed E-state index contributed by atoms with van der Waals surface area (Å²) < 4.78 is 11.3. The highest BCUT2D eigenvalue weighted by atomic mass is 127. The van der Waals surface area contributed by atoms with Crippen LogP contribution >= 0.6 is 24.0 Å². The predicted molar refractivity (Wildman–Crippen MR) is 139 cm³/mol. The van der Waals surface area contributed by atoms with E-state index in [1.807, 2.05) is 25.1 Å². The highest BCUT2D eigenvalue weighted by molar-refractivity contribution is 14.0. The zero-order chi connectivity index (χ0) is 21.4. The van der Waals surface area contributed by atoms with E-state index >= 15 is 0 Å². The number of guanidine groups is 1. The van der Waals surface area contributed by atoms with Gasteiger partial charge >= 0.3 is 0 Å². The van der Waals surface area contributed by atoms with Crippen molar-refractivity contribution in [3.63, 3.8) is 0 Å². The number of aryl methyl sites for hydroxylation is 1. The van der Waals surface area contributed by atoms with E-state index in [0.29, 0.717) is 26.4 Å². The molecular weight excluding hydrogens is 505 g/mol.